The minimum absolute atomic E-state index is 0.466. The van der Waals surface area contributed by atoms with Crippen molar-refractivity contribution in [3.63, 3.8) is 0 Å². The van der Waals surface area contributed by atoms with Crippen LogP contribution in [-0.2, 0) is 0 Å². The Morgan fingerprint density at radius 2 is 0.820 bits per heavy atom. The Morgan fingerprint density at radius 1 is 0.377 bits per heavy atom. The van der Waals surface area contributed by atoms with Crippen molar-refractivity contribution < 1.29 is 0 Å². The van der Waals surface area contributed by atoms with E-state index in [0.717, 1.165) is 66.4 Å². The predicted octanol–water partition coefficient (Wildman–Crippen LogP) is 10.4. The largest absolute Gasteiger partial charge is 0.308 e. The van der Waals surface area contributed by atoms with Crippen molar-refractivity contribution in [2.75, 3.05) is 0 Å². The third kappa shape index (κ3) is 6.92. The van der Waals surface area contributed by atoms with Crippen LogP contribution < -0.4 is 0 Å². The zero-order valence-corrected chi connectivity index (χ0v) is 33.7. The molecule has 0 saturated heterocycles. The maximum absolute atomic E-state index is 10.2. The zero-order valence-electron chi connectivity index (χ0n) is 33.7. The lowest BCUT2D eigenvalue weighted by molar-refractivity contribution is 0.928. The SMILES string of the molecule is Cc1nc(C)nc(-c2ccc3c4ccc(-c5nc(C)nc(C)n5)cc4n(-c4ccc(-c5ccccc5C#N)cc4-c4nc(-c5ccccc5)nc(-c5ccccc5)n4)c3c2)n1. The number of hydrogen-bond donors (Lipinski definition) is 0. The summed E-state index contributed by atoms with van der Waals surface area (Å²) in [6.45, 7) is 7.50. The maximum atomic E-state index is 10.2. The first-order valence-corrected chi connectivity index (χ1v) is 19.8. The molecule has 290 valence electrons. The molecule has 0 aliphatic heterocycles. The predicted molar refractivity (Wildman–Crippen MR) is 237 cm³/mol. The minimum atomic E-state index is 0.466. The summed E-state index contributed by atoms with van der Waals surface area (Å²) < 4.78 is 2.24. The summed E-state index contributed by atoms with van der Waals surface area (Å²) in [4.78, 5) is 43.3. The topological polar surface area (TPSA) is 145 Å². The first kappa shape index (κ1) is 36.9. The molecule has 0 fully saturated rings. The molecule has 0 bridgehead atoms. The molecule has 0 spiro atoms. The standard InChI is InChI=1S/C50H35N11/c1-29-52-30(2)55-48(54-29)36-19-22-40-41-23-20-37(49-56-31(3)53-32(4)57-49)27-45(41)61(44(40)26-36)43-24-21-35(39-18-12-11-17-38(39)28-51)25-42(43)50-59-46(33-13-7-5-8-14-33)58-47(60-50)34-15-9-6-10-16-34/h5-27H,1-4H3. The fourth-order valence-electron chi connectivity index (χ4n) is 7.88. The molecule has 61 heavy (non-hydrogen) atoms. The second-order valence-corrected chi connectivity index (χ2v) is 14.7. The molecule has 11 heteroatoms. The van der Waals surface area contributed by atoms with Crippen molar-refractivity contribution in [3.8, 4) is 79.8 Å². The van der Waals surface area contributed by atoms with Crippen molar-refractivity contribution in [2.24, 2.45) is 0 Å². The third-order valence-corrected chi connectivity index (χ3v) is 10.5. The van der Waals surface area contributed by atoms with Gasteiger partial charge in [0, 0.05) is 38.6 Å². The number of hydrogen-bond acceptors (Lipinski definition) is 10. The van der Waals surface area contributed by atoms with Gasteiger partial charge >= 0.3 is 0 Å². The molecule has 4 heterocycles. The first-order valence-electron chi connectivity index (χ1n) is 19.8. The van der Waals surface area contributed by atoms with Gasteiger partial charge in [0.25, 0.3) is 0 Å². The van der Waals surface area contributed by atoms with Crippen LogP contribution in [0.5, 0.6) is 0 Å². The van der Waals surface area contributed by atoms with Crippen LogP contribution in [0.1, 0.15) is 28.9 Å². The van der Waals surface area contributed by atoms with Crippen LogP contribution in [0.4, 0.5) is 0 Å². The van der Waals surface area contributed by atoms with Gasteiger partial charge in [0.05, 0.1) is 28.4 Å². The highest BCUT2D eigenvalue weighted by molar-refractivity contribution is 6.11. The van der Waals surface area contributed by atoms with E-state index in [1.807, 2.05) is 113 Å². The number of benzene rings is 6. The molecule has 0 saturated carbocycles. The number of aryl methyl sites for hydroxylation is 4. The molecule has 0 unspecified atom stereocenters. The lowest BCUT2D eigenvalue weighted by atomic mass is 9.97. The number of nitriles is 1. The van der Waals surface area contributed by atoms with E-state index >= 15 is 0 Å². The Morgan fingerprint density at radius 3 is 1.33 bits per heavy atom. The third-order valence-electron chi connectivity index (χ3n) is 10.5. The minimum Gasteiger partial charge on any atom is -0.308 e. The first-order chi connectivity index (χ1) is 29.8. The molecule has 6 aromatic carbocycles. The average molecular weight is 790 g/mol. The van der Waals surface area contributed by atoms with Crippen LogP contribution >= 0.6 is 0 Å². The van der Waals surface area contributed by atoms with Gasteiger partial charge in [0.1, 0.15) is 23.3 Å². The molecular formula is C50H35N11. The zero-order chi connectivity index (χ0) is 41.6. The lowest BCUT2D eigenvalue weighted by Crippen LogP contribution is -2.04. The monoisotopic (exact) mass is 789 g/mol. The van der Waals surface area contributed by atoms with Gasteiger partial charge in [0.15, 0.2) is 29.1 Å². The van der Waals surface area contributed by atoms with Crippen molar-refractivity contribution in [2.45, 2.75) is 27.7 Å². The van der Waals surface area contributed by atoms with E-state index < -0.39 is 0 Å². The Labute approximate surface area is 351 Å². The van der Waals surface area contributed by atoms with Gasteiger partial charge in [-0.05, 0) is 69.2 Å². The fraction of sp³-hybridized carbons (Fsp3) is 0.0800. The molecule has 0 N–H and O–H groups in total. The van der Waals surface area contributed by atoms with E-state index in [9.17, 15) is 5.26 Å². The van der Waals surface area contributed by atoms with E-state index in [1.165, 1.54) is 0 Å². The van der Waals surface area contributed by atoms with Crippen LogP contribution in [0.25, 0.3) is 95.6 Å². The summed E-state index contributed by atoms with van der Waals surface area (Å²) >= 11 is 0. The lowest BCUT2D eigenvalue weighted by Gasteiger charge is -2.17. The van der Waals surface area contributed by atoms with E-state index in [-0.39, 0.29) is 0 Å². The van der Waals surface area contributed by atoms with Crippen molar-refractivity contribution in [1.29, 1.82) is 5.26 Å². The van der Waals surface area contributed by atoms with Gasteiger partial charge in [-0.3, -0.25) is 0 Å². The van der Waals surface area contributed by atoms with E-state index in [0.29, 0.717) is 58.0 Å². The smallest absolute Gasteiger partial charge is 0.166 e. The molecule has 0 radical (unpaired) electrons. The highest BCUT2D eigenvalue weighted by Gasteiger charge is 2.22. The second-order valence-electron chi connectivity index (χ2n) is 14.7. The van der Waals surface area contributed by atoms with Crippen LogP contribution in [0.2, 0.25) is 0 Å². The maximum Gasteiger partial charge on any atom is 0.166 e. The van der Waals surface area contributed by atoms with Gasteiger partial charge in [-0.1, -0.05) is 109 Å². The summed E-state index contributed by atoms with van der Waals surface area (Å²) in [7, 11) is 0. The van der Waals surface area contributed by atoms with E-state index in [4.69, 9.17) is 34.9 Å². The van der Waals surface area contributed by atoms with Crippen molar-refractivity contribution in [1.82, 2.24) is 49.4 Å². The summed E-state index contributed by atoms with van der Waals surface area (Å²) in [5.74, 6) is 5.28. The summed E-state index contributed by atoms with van der Waals surface area (Å²) in [5, 5.41) is 12.3. The molecule has 0 atom stereocenters. The molecule has 10 rings (SSSR count). The van der Waals surface area contributed by atoms with Crippen molar-refractivity contribution >= 4 is 21.8 Å². The van der Waals surface area contributed by atoms with E-state index in [2.05, 4.69) is 75.2 Å². The Balaban J connectivity index is 1.32. The van der Waals surface area contributed by atoms with E-state index in [1.54, 1.807) is 0 Å². The molecular weight excluding hydrogens is 755 g/mol. The molecule has 4 aromatic heterocycles. The molecule has 10 aromatic rings. The molecule has 11 nitrogen and oxygen atoms in total. The van der Waals surface area contributed by atoms with Gasteiger partial charge in [-0.25, -0.2) is 44.9 Å². The van der Waals surface area contributed by atoms with Crippen molar-refractivity contribution in [3.05, 3.63) is 168 Å². The number of aromatic nitrogens is 10. The summed E-state index contributed by atoms with van der Waals surface area (Å²) in [6.07, 6.45) is 0. The number of rotatable bonds is 7. The van der Waals surface area contributed by atoms with Crippen LogP contribution in [0.3, 0.4) is 0 Å². The van der Waals surface area contributed by atoms with Gasteiger partial charge in [-0.15, -0.1) is 0 Å². The Kier molecular flexibility index (Phi) is 9.15. The van der Waals surface area contributed by atoms with Crippen LogP contribution in [0.15, 0.2) is 140 Å². The fourth-order valence-corrected chi connectivity index (χ4v) is 7.88. The highest BCUT2D eigenvalue weighted by Crippen LogP contribution is 2.40. The Bertz CT molecular complexity index is 3160. The molecule has 0 aliphatic rings. The average Bonchev–Trinajstić information content (AvgIpc) is 3.61. The summed E-state index contributed by atoms with van der Waals surface area (Å²) in [5.41, 5.74) is 8.95. The molecule has 0 amide bonds. The van der Waals surface area contributed by atoms with Gasteiger partial charge in [0.2, 0.25) is 0 Å². The number of nitrogens with zero attached hydrogens (tertiary/aromatic N) is 11. The van der Waals surface area contributed by atoms with Gasteiger partial charge < -0.3 is 4.57 Å². The van der Waals surface area contributed by atoms with Crippen LogP contribution in [0, 0.1) is 39.0 Å². The molecule has 0 aliphatic carbocycles. The Hall–Kier alpha value is -8.36. The quantitative estimate of drug-likeness (QED) is 0.153. The van der Waals surface area contributed by atoms with Gasteiger partial charge in [-0.2, -0.15) is 5.26 Å². The summed E-state index contributed by atoms with van der Waals surface area (Å²) in [6, 6.07) is 48.7. The number of fused-ring (bicyclic) bond motifs is 3. The normalized spacial score (nSPS) is 11.3. The second kappa shape index (κ2) is 15.1. The highest BCUT2D eigenvalue weighted by atomic mass is 15.1. The van der Waals surface area contributed by atoms with Crippen LogP contribution in [-0.4, -0.2) is 49.4 Å².